The zero-order valence-corrected chi connectivity index (χ0v) is 9.73. The first-order valence-electron chi connectivity index (χ1n) is 4.65. The molecule has 0 radical (unpaired) electrons. The van der Waals surface area contributed by atoms with Gasteiger partial charge in [0.2, 0.25) is 11.8 Å². The summed E-state index contributed by atoms with van der Waals surface area (Å²) in [7, 11) is 0. The molecule has 1 unspecified atom stereocenters. The van der Waals surface area contributed by atoms with Crippen LogP contribution in [0.4, 0.5) is 0 Å². The van der Waals surface area contributed by atoms with Crippen molar-refractivity contribution in [1.29, 1.82) is 0 Å². The molecule has 0 aliphatic carbocycles. The molecule has 2 N–H and O–H groups in total. The topological polar surface area (TPSA) is 58.2 Å². The Morgan fingerprint density at radius 1 is 1.29 bits per heavy atom. The number of thiol groups is 1. The van der Waals surface area contributed by atoms with Crippen LogP contribution in [0.3, 0.4) is 0 Å². The highest BCUT2D eigenvalue weighted by molar-refractivity contribution is 7.81. The van der Waals surface area contributed by atoms with E-state index in [4.69, 9.17) is 0 Å². The van der Waals surface area contributed by atoms with Crippen molar-refractivity contribution >= 4 is 24.4 Å². The molecule has 0 heterocycles. The van der Waals surface area contributed by atoms with Crippen LogP contribution in [0.15, 0.2) is 0 Å². The fourth-order valence-corrected chi connectivity index (χ4v) is 0.902. The Bertz CT molecular complexity index is 207. The van der Waals surface area contributed by atoms with Crippen LogP contribution in [0.2, 0.25) is 0 Å². The van der Waals surface area contributed by atoms with Crippen LogP contribution >= 0.6 is 12.6 Å². The lowest BCUT2D eigenvalue weighted by molar-refractivity contribution is -0.127. The Morgan fingerprint density at radius 2 is 1.86 bits per heavy atom. The van der Waals surface area contributed by atoms with Crippen LogP contribution in [-0.4, -0.2) is 30.2 Å². The van der Waals surface area contributed by atoms with Crippen LogP contribution in [0.5, 0.6) is 0 Å². The summed E-state index contributed by atoms with van der Waals surface area (Å²) in [6, 6.07) is -0.492. The van der Waals surface area contributed by atoms with Crippen molar-refractivity contribution in [2.24, 2.45) is 5.92 Å². The number of carbonyl (C=O) groups is 2. The van der Waals surface area contributed by atoms with Gasteiger partial charge in [-0.05, 0) is 12.8 Å². The second-order valence-electron chi connectivity index (χ2n) is 3.59. The third kappa shape index (κ3) is 5.85. The molecule has 0 bridgehead atoms. The third-order valence-electron chi connectivity index (χ3n) is 1.60. The minimum absolute atomic E-state index is 0.0990. The van der Waals surface area contributed by atoms with Gasteiger partial charge in [-0.1, -0.05) is 13.8 Å². The van der Waals surface area contributed by atoms with Crippen LogP contribution in [-0.2, 0) is 9.59 Å². The van der Waals surface area contributed by atoms with E-state index in [-0.39, 0.29) is 17.6 Å². The predicted octanol–water partition coefficient (Wildman–Crippen LogP) is 0.193. The normalized spacial score (nSPS) is 12.4. The van der Waals surface area contributed by atoms with Gasteiger partial charge in [0.25, 0.3) is 0 Å². The number of amides is 2. The van der Waals surface area contributed by atoms with Gasteiger partial charge >= 0.3 is 0 Å². The second-order valence-corrected chi connectivity index (χ2v) is 3.90. The van der Waals surface area contributed by atoms with Crippen molar-refractivity contribution in [3.63, 3.8) is 0 Å². The summed E-state index contributed by atoms with van der Waals surface area (Å²) >= 11 is 3.80. The molecule has 4 nitrogen and oxygen atoms in total. The average Bonchev–Trinajstić information content (AvgIpc) is 2.13. The van der Waals surface area contributed by atoms with Gasteiger partial charge in [0.15, 0.2) is 0 Å². The predicted molar refractivity (Wildman–Crippen MR) is 59.3 cm³/mol. The molecule has 0 aliphatic heterocycles. The fourth-order valence-electron chi connectivity index (χ4n) is 0.810. The molecule has 0 aromatic rings. The molecule has 0 rings (SSSR count). The van der Waals surface area contributed by atoms with Crippen LogP contribution < -0.4 is 10.6 Å². The molecule has 0 saturated carbocycles. The molecule has 2 amide bonds. The van der Waals surface area contributed by atoms with Gasteiger partial charge in [-0.15, -0.1) is 0 Å². The first-order chi connectivity index (χ1) is 6.47. The standard InChI is InChI=1S/C9H18N2O2S/c1-6(2)4-10-9(13)7(3)11-8(12)5-14/h6-7,14H,4-5H2,1-3H3,(H,10,13)(H,11,12). The van der Waals surface area contributed by atoms with Gasteiger partial charge in [-0.3, -0.25) is 9.59 Å². The Balaban J connectivity index is 3.82. The van der Waals surface area contributed by atoms with E-state index in [1.54, 1.807) is 6.92 Å². The van der Waals surface area contributed by atoms with Crippen molar-refractivity contribution in [2.75, 3.05) is 12.3 Å². The lowest BCUT2D eigenvalue weighted by Crippen LogP contribution is -2.46. The molecule has 0 spiro atoms. The van der Waals surface area contributed by atoms with Gasteiger partial charge in [0, 0.05) is 6.54 Å². The zero-order chi connectivity index (χ0) is 11.1. The molecule has 14 heavy (non-hydrogen) atoms. The number of carbonyl (C=O) groups excluding carboxylic acids is 2. The fraction of sp³-hybridized carbons (Fsp3) is 0.778. The average molecular weight is 218 g/mol. The molecule has 5 heteroatoms. The molecular formula is C9H18N2O2S. The van der Waals surface area contributed by atoms with Crippen molar-refractivity contribution in [2.45, 2.75) is 26.8 Å². The highest BCUT2D eigenvalue weighted by atomic mass is 32.1. The largest absolute Gasteiger partial charge is 0.354 e. The van der Waals surface area contributed by atoms with Crippen molar-refractivity contribution in [1.82, 2.24) is 10.6 Å². The number of hydrogen-bond donors (Lipinski definition) is 3. The highest BCUT2D eigenvalue weighted by Gasteiger charge is 2.14. The van der Waals surface area contributed by atoms with E-state index in [1.165, 1.54) is 0 Å². The maximum Gasteiger partial charge on any atom is 0.242 e. The summed E-state index contributed by atoms with van der Waals surface area (Å²) < 4.78 is 0. The molecule has 0 aliphatic rings. The first-order valence-corrected chi connectivity index (χ1v) is 5.28. The quantitative estimate of drug-likeness (QED) is 0.577. The van der Waals surface area contributed by atoms with E-state index in [0.29, 0.717) is 12.5 Å². The summed E-state index contributed by atoms with van der Waals surface area (Å²) in [6.45, 7) is 6.30. The summed E-state index contributed by atoms with van der Waals surface area (Å²) in [5.74, 6) is 0.114. The zero-order valence-electron chi connectivity index (χ0n) is 8.83. The number of hydrogen-bond acceptors (Lipinski definition) is 3. The van der Waals surface area contributed by atoms with E-state index < -0.39 is 6.04 Å². The SMILES string of the molecule is CC(C)CNC(=O)C(C)NC(=O)CS. The smallest absolute Gasteiger partial charge is 0.242 e. The minimum atomic E-state index is -0.492. The van der Waals surface area contributed by atoms with E-state index in [1.807, 2.05) is 13.8 Å². The van der Waals surface area contributed by atoms with Crippen LogP contribution in [0.25, 0.3) is 0 Å². The van der Waals surface area contributed by atoms with Crippen molar-refractivity contribution in [3.8, 4) is 0 Å². The molecule has 0 fully saturated rings. The van der Waals surface area contributed by atoms with Gasteiger partial charge < -0.3 is 10.6 Å². The number of rotatable bonds is 5. The maximum atomic E-state index is 11.3. The van der Waals surface area contributed by atoms with Crippen molar-refractivity contribution < 1.29 is 9.59 Å². The van der Waals surface area contributed by atoms with E-state index in [9.17, 15) is 9.59 Å². The number of nitrogens with one attached hydrogen (secondary N) is 2. The molecule has 0 aromatic heterocycles. The summed E-state index contributed by atoms with van der Waals surface area (Å²) in [4.78, 5) is 22.2. The van der Waals surface area contributed by atoms with E-state index >= 15 is 0 Å². The minimum Gasteiger partial charge on any atom is -0.354 e. The molecule has 0 aromatic carbocycles. The molecular weight excluding hydrogens is 200 g/mol. The third-order valence-corrected chi connectivity index (χ3v) is 1.89. The monoisotopic (exact) mass is 218 g/mol. The van der Waals surface area contributed by atoms with Gasteiger partial charge in [-0.25, -0.2) is 0 Å². The summed E-state index contributed by atoms with van der Waals surface area (Å²) in [5, 5.41) is 5.26. The Hall–Kier alpha value is -0.710. The molecule has 82 valence electrons. The van der Waals surface area contributed by atoms with Crippen LogP contribution in [0.1, 0.15) is 20.8 Å². The van der Waals surface area contributed by atoms with E-state index in [2.05, 4.69) is 23.3 Å². The lowest BCUT2D eigenvalue weighted by Gasteiger charge is -2.14. The highest BCUT2D eigenvalue weighted by Crippen LogP contribution is 1.89. The molecule has 0 saturated heterocycles. The van der Waals surface area contributed by atoms with Crippen LogP contribution in [0, 0.1) is 5.92 Å². The first kappa shape index (κ1) is 13.3. The molecule has 1 atom stereocenters. The Labute approximate surface area is 90.2 Å². The Kier molecular flexibility index (Phi) is 6.36. The Morgan fingerprint density at radius 3 is 2.29 bits per heavy atom. The van der Waals surface area contributed by atoms with Gasteiger partial charge in [-0.2, -0.15) is 12.6 Å². The summed E-state index contributed by atoms with van der Waals surface area (Å²) in [6.07, 6.45) is 0. The second kappa shape index (κ2) is 6.70. The van der Waals surface area contributed by atoms with Gasteiger partial charge in [0.05, 0.1) is 5.75 Å². The van der Waals surface area contributed by atoms with Gasteiger partial charge in [0.1, 0.15) is 6.04 Å². The lowest BCUT2D eigenvalue weighted by atomic mass is 10.2. The summed E-state index contributed by atoms with van der Waals surface area (Å²) in [5.41, 5.74) is 0. The van der Waals surface area contributed by atoms with E-state index in [0.717, 1.165) is 0 Å². The van der Waals surface area contributed by atoms with Crippen molar-refractivity contribution in [3.05, 3.63) is 0 Å². The maximum absolute atomic E-state index is 11.3.